The summed E-state index contributed by atoms with van der Waals surface area (Å²) in [5.74, 6) is -0.386. The van der Waals surface area contributed by atoms with Crippen molar-refractivity contribution in [2.45, 2.75) is 18.9 Å². The molecule has 0 saturated carbocycles. The zero-order chi connectivity index (χ0) is 8.72. The second-order valence-corrected chi connectivity index (χ2v) is 3.16. The predicted octanol–water partition coefficient (Wildman–Crippen LogP) is 0.867. The maximum Gasteiger partial charge on any atom is 0.146 e. The number of benzene rings is 1. The number of anilines is 1. The molecule has 3 heteroatoms. The van der Waals surface area contributed by atoms with E-state index in [1.807, 2.05) is 0 Å². The van der Waals surface area contributed by atoms with Crippen LogP contribution in [0.1, 0.15) is 11.1 Å². The summed E-state index contributed by atoms with van der Waals surface area (Å²) in [7, 11) is 0. The summed E-state index contributed by atoms with van der Waals surface area (Å²) >= 11 is 0. The molecule has 1 atom stereocenters. The lowest BCUT2D eigenvalue weighted by Gasteiger charge is -2.03. The minimum atomic E-state index is -0.386. The Hall–Kier alpha value is -1.09. The highest BCUT2D eigenvalue weighted by Gasteiger charge is 2.22. The zero-order valence-corrected chi connectivity index (χ0v) is 6.55. The van der Waals surface area contributed by atoms with Crippen LogP contribution in [0.4, 0.5) is 10.1 Å². The molecule has 1 unspecified atom stereocenters. The molecule has 2 nitrogen and oxygen atoms in total. The van der Waals surface area contributed by atoms with Gasteiger partial charge in [0.05, 0.1) is 11.8 Å². The molecule has 0 radical (unpaired) electrons. The highest BCUT2D eigenvalue weighted by atomic mass is 19.1. The monoisotopic (exact) mass is 167 g/mol. The summed E-state index contributed by atoms with van der Waals surface area (Å²) in [6.45, 7) is 0. The normalized spacial score (nSPS) is 21.0. The first-order chi connectivity index (χ1) is 5.68. The van der Waals surface area contributed by atoms with E-state index in [4.69, 9.17) is 5.73 Å². The van der Waals surface area contributed by atoms with Crippen molar-refractivity contribution in [1.29, 1.82) is 0 Å². The van der Waals surface area contributed by atoms with Crippen molar-refractivity contribution in [2.75, 3.05) is 5.73 Å². The summed E-state index contributed by atoms with van der Waals surface area (Å²) in [5, 5.41) is 9.29. The van der Waals surface area contributed by atoms with Crippen molar-refractivity contribution in [3.05, 3.63) is 29.1 Å². The molecule has 1 aromatic carbocycles. The average molecular weight is 167 g/mol. The van der Waals surface area contributed by atoms with Gasteiger partial charge >= 0.3 is 0 Å². The molecule has 2 rings (SSSR count). The second kappa shape index (κ2) is 2.45. The lowest BCUT2D eigenvalue weighted by atomic mass is 10.1. The van der Waals surface area contributed by atoms with Gasteiger partial charge in [0.25, 0.3) is 0 Å². The third kappa shape index (κ3) is 0.975. The summed E-state index contributed by atoms with van der Waals surface area (Å²) < 4.78 is 12.9. The van der Waals surface area contributed by atoms with Crippen LogP contribution in [0.5, 0.6) is 0 Å². The van der Waals surface area contributed by atoms with Crippen molar-refractivity contribution in [2.24, 2.45) is 0 Å². The third-order valence-electron chi connectivity index (χ3n) is 2.30. The minimum absolute atomic E-state index is 0.198. The van der Waals surface area contributed by atoms with Gasteiger partial charge < -0.3 is 10.8 Å². The Morgan fingerprint density at radius 2 is 2.17 bits per heavy atom. The van der Waals surface area contributed by atoms with Crippen molar-refractivity contribution < 1.29 is 9.50 Å². The van der Waals surface area contributed by atoms with Gasteiger partial charge in [0, 0.05) is 6.42 Å². The molecule has 1 aliphatic rings. The molecule has 0 aliphatic heterocycles. The fourth-order valence-electron chi connectivity index (χ4n) is 1.68. The first-order valence-electron chi connectivity index (χ1n) is 3.92. The van der Waals surface area contributed by atoms with E-state index >= 15 is 0 Å². The van der Waals surface area contributed by atoms with Crippen LogP contribution in [0.25, 0.3) is 0 Å². The molecule has 1 aliphatic carbocycles. The Morgan fingerprint density at radius 3 is 2.92 bits per heavy atom. The van der Waals surface area contributed by atoms with E-state index in [1.165, 1.54) is 6.07 Å². The summed E-state index contributed by atoms with van der Waals surface area (Å²) in [5.41, 5.74) is 7.46. The minimum Gasteiger partial charge on any atom is -0.396 e. The topological polar surface area (TPSA) is 46.2 Å². The average Bonchev–Trinajstić information content (AvgIpc) is 2.39. The highest BCUT2D eigenvalue weighted by molar-refractivity contribution is 5.54. The Balaban J connectivity index is 2.54. The number of fused-ring (bicyclic) bond motifs is 1. The fourth-order valence-corrected chi connectivity index (χ4v) is 1.68. The SMILES string of the molecule is Nc1c(F)ccc2c1CC(O)C2. The molecule has 1 aromatic rings. The van der Waals surface area contributed by atoms with E-state index < -0.39 is 0 Å². The first kappa shape index (κ1) is 7.55. The standard InChI is InChI=1S/C9H10FNO/c10-8-2-1-5-3-6(12)4-7(5)9(8)11/h1-2,6,12H,3-4,11H2. The van der Waals surface area contributed by atoms with Gasteiger partial charge in [-0.15, -0.1) is 0 Å². The molecule has 0 aromatic heterocycles. The number of nitrogen functional groups attached to an aromatic ring is 1. The van der Waals surface area contributed by atoms with E-state index in [0.29, 0.717) is 12.8 Å². The van der Waals surface area contributed by atoms with Crippen LogP contribution in [0, 0.1) is 5.82 Å². The number of rotatable bonds is 0. The van der Waals surface area contributed by atoms with Crippen LogP contribution in [0.2, 0.25) is 0 Å². The van der Waals surface area contributed by atoms with Crippen LogP contribution < -0.4 is 5.73 Å². The van der Waals surface area contributed by atoms with Crippen molar-refractivity contribution in [3.8, 4) is 0 Å². The smallest absolute Gasteiger partial charge is 0.146 e. The van der Waals surface area contributed by atoms with E-state index in [-0.39, 0.29) is 17.6 Å². The molecule has 0 saturated heterocycles. The van der Waals surface area contributed by atoms with Gasteiger partial charge in [-0.2, -0.15) is 0 Å². The van der Waals surface area contributed by atoms with Gasteiger partial charge in [-0.25, -0.2) is 4.39 Å². The Bertz CT molecular complexity index is 325. The van der Waals surface area contributed by atoms with Gasteiger partial charge in [-0.3, -0.25) is 0 Å². The van der Waals surface area contributed by atoms with Gasteiger partial charge in [-0.1, -0.05) is 6.07 Å². The number of hydrogen-bond acceptors (Lipinski definition) is 2. The van der Waals surface area contributed by atoms with E-state index in [2.05, 4.69) is 0 Å². The molecule has 3 N–H and O–H groups in total. The van der Waals surface area contributed by atoms with Crippen LogP contribution in [-0.2, 0) is 12.8 Å². The van der Waals surface area contributed by atoms with Gasteiger partial charge in [0.15, 0.2) is 0 Å². The maximum absolute atomic E-state index is 12.9. The van der Waals surface area contributed by atoms with Crippen molar-refractivity contribution in [1.82, 2.24) is 0 Å². The number of aliphatic hydroxyl groups is 1. The zero-order valence-electron chi connectivity index (χ0n) is 6.55. The Morgan fingerprint density at radius 1 is 1.42 bits per heavy atom. The predicted molar refractivity (Wildman–Crippen MR) is 44.2 cm³/mol. The molecule has 0 heterocycles. The van der Waals surface area contributed by atoms with E-state index in [1.54, 1.807) is 6.07 Å². The third-order valence-corrected chi connectivity index (χ3v) is 2.30. The number of halogens is 1. The number of aliphatic hydroxyl groups excluding tert-OH is 1. The molecule has 0 bridgehead atoms. The van der Waals surface area contributed by atoms with Crippen LogP contribution >= 0.6 is 0 Å². The molecule has 12 heavy (non-hydrogen) atoms. The van der Waals surface area contributed by atoms with Crippen molar-refractivity contribution >= 4 is 5.69 Å². The Labute approximate surface area is 69.8 Å². The molecule has 0 amide bonds. The number of hydrogen-bond donors (Lipinski definition) is 2. The quantitative estimate of drug-likeness (QED) is 0.563. The number of nitrogens with two attached hydrogens (primary N) is 1. The van der Waals surface area contributed by atoms with Crippen LogP contribution in [-0.4, -0.2) is 11.2 Å². The van der Waals surface area contributed by atoms with Gasteiger partial charge in [0.1, 0.15) is 5.82 Å². The lowest BCUT2D eigenvalue weighted by molar-refractivity contribution is 0.187. The Kier molecular flexibility index (Phi) is 1.54. The second-order valence-electron chi connectivity index (χ2n) is 3.16. The summed E-state index contributed by atoms with van der Waals surface area (Å²) in [6.07, 6.45) is 0.697. The summed E-state index contributed by atoms with van der Waals surface area (Å²) in [4.78, 5) is 0. The van der Waals surface area contributed by atoms with E-state index in [0.717, 1.165) is 11.1 Å². The van der Waals surface area contributed by atoms with Crippen LogP contribution in [0.3, 0.4) is 0 Å². The largest absolute Gasteiger partial charge is 0.396 e. The van der Waals surface area contributed by atoms with Gasteiger partial charge in [-0.05, 0) is 23.6 Å². The summed E-state index contributed by atoms with van der Waals surface area (Å²) in [6, 6.07) is 3.05. The molecule has 64 valence electrons. The molecule has 0 spiro atoms. The highest BCUT2D eigenvalue weighted by Crippen LogP contribution is 2.28. The molecular formula is C9H10FNO. The maximum atomic E-state index is 12.9. The van der Waals surface area contributed by atoms with Gasteiger partial charge in [0.2, 0.25) is 0 Å². The lowest BCUT2D eigenvalue weighted by Crippen LogP contribution is -2.04. The fraction of sp³-hybridized carbons (Fsp3) is 0.333. The van der Waals surface area contributed by atoms with Crippen LogP contribution in [0.15, 0.2) is 12.1 Å². The molecule has 0 fully saturated rings. The van der Waals surface area contributed by atoms with E-state index in [9.17, 15) is 9.50 Å². The van der Waals surface area contributed by atoms with Crippen molar-refractivity contribution in [3.63, 3.8) is 0 Å². The first-order valence-corrected chi connectivity index (χ1v) is 3.92. The molecular weight excluding hydrogens is 157 g/mol.